The largest absolute Gasteiger partial charge is 0.419 e. The Hall–Kier alpha value is -1.84. The van der Waals surface area contributed by atoms with Crippen LogP contribution in [0.5, 0.6) is 0 Å². The van der Waals surface area contributed by atoms with Crippen LogP contribution in [0.25, 0.3) is 0 Å². The lowest BCUT2D eigenvalue weighted by Crippen LogP contribution is -2.46. The van der Waals surface area contributed by atoms with Gasteiger partial charge in [0.1, 0.15) is 5.82 Å². The molecule has 0 amide bonds. The van der Waals surface area contributed by atoms with E-state index in [1.165, 1.54) is 12.3 Å². The maximum atomic E-state index is 13.0. The fourth-order valence-electron chi connectivity index (χ4n) is 3.38. The molecule has 0 radical (unpaired) electrons. The Balaban J connectivity index is 1.90. The van der Waals surface area contributed by atoms with Crippen LogP contribution in [0.3, 0.4) is 0 Å². The Morgan fingerprint density at radius 3 is 2.83 bits per heavy atom. The van der Waals surface area contributed by atoms with Crippen LogP contribution in [0.2, 0.25) is 0 Å². The van der Waals surface area contributed by atoms with E-state index in [-0.39, 0.29) is 23.7 Å². The molecule has 6 nitrogen and oxygen atoms in total. The standard InChI is InChI=1S/C19H30F3N5OS/c1-3-23-18(27-14-7-5-8-15(13-14)29(28)4-2)26-12-11-25-17-16(19(20,21)22)9-6-10-24-17/h6,9-10,14-15H,3-5,7-8,11-13H2,1-2H3,(H,24,25)(H2,23,26,27). The second-order valence-electron chi connectivity index (χ2n) is 6.88. The Morgan fingerprint density at radius 1 is 1.34 bits per heavy atom. The number of pyridine rings is 1. The number of hydrogen-bond donors (Lipinski definition) is 3. The molecule has 0 aliphatic heterocycles. The summed E-state index contributed by atoms with van der Waals surface area (Å²) in [6.45, 7) is 5.09. The highest BCUT2D eigenvalue weighted by molar-refractivity contribution is 7.85. The van der Waals surface area contributed by atoms with Crippen molar-refractivity contribution in [3.05, 3.63) is 23.9 Å². The molecule has 0 saturated heterocycles. The highest BCUT2D eigenvalue weighted by atomic mass is 32.2. The van der Waals surface area contributed by atoms with Gasteiger partial charge in [-0.3, -0.25) is 9.20 Å². The van der Waals surface area contributed by atoms with Crippen LogP contribution in [-0.2, 0) is 17.0 Å². The Kier molecular flexibility index (Phi) is 9.19. The molecule has 3 atom stereocenters. The number of guanidine groups is 1. The molecule has 3 unspecified atom stereocenters. The first kappa shape index (κ1) is 23.4. The smallest absolute Gasteiger partial charge is 0.368 e. The second-order valence-corrected chi connectivity index (χ2v) is 8.89. The molecule has 164 valence electrons. The van der Waals surface area contributed by atoms with Crippen LogP contribution in [-0.4, -0.2) is 51.8 Å². The molecule has 1 saturated carbocycles. The van der Waals surface area contributed by atoms with Gasteiger partial charge in [-0.05, 0) is 38.3 Å². The fourth-order valence-corrected chi connectivity index (χ4v) is 4.73. The number of alkyl halides is 3. The lowest BCUT2D eigenvalue weighted by Gasteiger charge is -2.30. The number of aliphatic imine (C=N–C) groups is 1. The van der Waals surface area contributed by atoms with Gasteiger partial charge < -0.3 is 16.0 Å². The van der Waals surface area contributed by atoms with E-state index in [0.717, 1.165) is 31.7 Å². The number of rotatable bonds is 8. The molecule has 1 aromatic rings. The summed E-state index contributed by atoms with van der Waals surface area (Å²) in [4.78, 5) is 8.24. The van der Waals surface area contributed by atoms with E-state index in [0.29, 0.717) is 24.8 Å². The number of aromatic nitrogens is 1. The maximum Gasteiger partial charge on any atom is 0.419 e. The molecular weight excluding hydrogens is 403 g/mol. The maximum absolute atomic E-state index is 13.0. The zero-order chi connectivity index (χ0) is 21.3. The van der Waals surface area contributed by atoms with Crippen molar-refractivity contribution >= 4 is 22.6 Å². The van der Waals surface area contributed by atoms with E-state index in [1.54, 1.807) is 0 Å². The summed E-state index contributed by atoms with van der Waals surface area (Å²) in [5, 5.41) is 9.47. The van der Waals surface area contributed by atoms with E-state index >= 15 is 0 Å². The summed E-state index contributed by atoms with van der Waals surface area (Å²) in [7, 11) is -0.799. The molecule has 1 heterocycles. The van der Waals surface area contributed by atoms with Crippen molar-refractivity contribution in [1.82, 2.24) is 15.6 Å². The van der Waals surface area contributed by atoms with Crippen LogP contribution in [0.4, 0.5) is 19.0 Å². The lowest BCUT2D eigenvalue weighted by molar-refractivity contribution is -0.137. The monoisotopic (exact) mass is 433 g/mol. The molecule has 1 aliphatic rings. The second kappa shape index (κ2) is 11.4. The topological polar surface area (TPSA) is 78.4 Å². The number of nitrogens with zero attached hydrogens (tertiary/aromatic N) is 2. The average molecular weight is 434 g/mol. The van der Waals surface area contributed by atoms with Crippen LogP contribution in [0.15, 0.2) is 23.3 Å². The third-order valence-electron chi connectivity index (χ3n) is 4.75. The van der Waals surface area contributed by atoms with Crippen LogP contribution in [0.1, 0.15) is 45.1 Å². The summed E-state index contributed by atoms with van der Waals surface area (Å²) in [6, 6.07) is 2.47. The molecule has 3 N–H and O–H groups in total. The minimum absolute atomic E-state index is 0.190. The van der Waals surface area contributed by atoms with Gasteiger partial charge in [0.05, 0.1) is 12.1 Å². The molecule has 0 aromatic carbocycles. The van der Waals surface area contributed by atoms with Crippen LogP contribution >= 0.6 is 0 Å². The van der Waals surface area contributed by atoms with Gasteiger partial charge in [0.15, 0.2) is 5.96 Å². The highest BCUT2D eigenvalue weighted by Crippen LogP contribution is 2.33. The van der Waals surface area contributed by atoms with Crippen LogP contribution in [0, 0.1) is 0 Å². The molecule has 2 rings (SSSR count). The summed E-state index contributed by atoms with van der Waals surface area (Å²) >= 11 is 0. The van der Waals surface area contributed by atoms with Crippen molar-refractivity contribution in [2.24, 2.45) is 4.99 Å². The predicted molar refractivity (Wildman–Crippen MR) is 112 cm³/mol. The average Bonchev–Trinajstić information content (AvgIpc) is 2.70. The number of anilines is 1. The van der Waals surface area contributed by atoms with Gasteiger partial charge in [0, 0.05) is 47.1 Å². The van der Waals surface area contributed by atoms with E-state index < -0.39 is 22.5 Å². The molecule has 29 heavy (non-hydrogen) atoms. The minimum atomic E-state index is -4.45. The van der Waals surface area contributed by atoms with Crippen LogP contribution < -0.4 is 16.0 Å². The number of hydrogen-bond acceptors (Lipinski definition) is 4. The molecule has 10 heteroatoms. The quantitative estimate of drug-likeness (QED) is 0.334. The van der Waals surface area contributed by atoms with Gasteiger partial charge in [0.2, 0.25) is 0 Å². The van der Waals surface area contributed by atoms with Gasteiger partial charge in [-0.15, -0.1) is 0 Å². The Bertz CT molecular complexity index is 699. The molecule has 0 bridgehead atoms. The third kappa shape index (κ3) is 7.49. The SMILES string of the molecule is CCNC(=NCCNc1ncccc1C(F)(F)F)NC1CCCC(S(=O)CC)C1. The first-order valence-corrected chi connectivity index (χ1v) is 11.4. The van der Waals surface area contributed by atoms with Gasteiger partial charge in [-0.2, -0.15) is 13.2 Å². The summed E-state index contributed by atoms with van der Waals surface area (Å²) in [5.41, 5.74) is -0.786. The zero-order valence-corrected chi connectivity index (χ0v) is 17.7. The fraction of sp³-hybridized carbons (Fsp3) is 0.684. The highest BCUT2D eigenvalue weighted by Gasteiger charge is 2.34. The van der Waals surface area contributed by atoms with Crippen molar-refractivity contribution in [3.8, 4) is 0 Å². The minimum Gasteiger partial charge on any atom is -0.368 e. The van der Waals surface area contributed by atoms with Gasteiger partial charge in [0.25, 0.3) is 0 Å². The molecule has 0 spiro atoms. The van der Waals surface area contributed by atoms with Crippen molar-refractivity contribution in [2.75, 3.05) is 30.7 Å². The normalized spacial score (nSPS) is 21.5. The molecule has 1 aliphatic carbocycles. The third-order valence-corrected chi connectivity index (χ3v) is 6.50. The summed E-state index contributed by atoms with van der Waals surface area (Å²) in [5.74, 6) is 1.11. The zero-order valence-electron chi connectivity index (χ0n) is 16.9. The number of nitrogens with one attached hydrogen (secondary N) is 3. The molecule has 1 aromatic heterocycles. The molecular formula is C19H30F3N5OS. The van der Waals surface area contributed by atoms with Crippen molar-refractivity contribution in [1.29, 1.82) is 0 Å². The van der Waals surface area contributed by atoms with Crippen molar-refractivity contribution in [2.45, 2.75) is 57.0 Å². The Morgan fingerprint density at radius 2 is 2.14 bits per heavy atom. The van der Waals surface area contributed by atoms with E-state index in [4.69, 9.17) is 0 Å². The molecule has 1 fully saturated rings. The van der Waals surface area contributed by atoms with Gasteiger partial charge in [-0.1, -0.05) is 13.3 Å². The van der Waals surface area contributed by atoms with Gasteiger partial charge >= 0.3 is 6.18 Å². The first-order valence-electron chi connectivity index (χ1n) is 10.0. The van der Waals surface area contributed by atoms with Crippen molar-refractivity contribution < 1.29 is 17.4 Å². The van der Waals surface area contributed by atoms with Crippen molar-refractivity contribution in [3.63, 3.8) is 0 Å². The van der Waals surface area contributed by atoms with E-state index in [9.17, 15) is 17.4 Å². The number of halogens is 3. The Labute approximate surface area is 172 Å². The van der Waals surface area contributed by atoms with Gasteiger partial charge in [-0.25, -0.2) is 4.98 Å². The summed E-state index contributed by atoms with van der Waals surface area (Å²) in [6.07, 6.45) is 0.713. The summed E-state index contributed by atoms with van der Waals surface area (Å²) < 4.78 is 51.1. The van der Waals surface area contributed by atoms with E-state index in [2.05, 4.69) is 25.9 Å². The first-order chi connectivity index (χ1) is 13.8. The van der Waals surface area contributed by atoms with E-state index in [1.807, 2.05) is 13.8 Å². The predicted octanol–water partition coefficient (Wildman–Crippen LogP) is 3.15. The lowest BCUT2D eigenvalue weighted by atomic mass is 9.95.